The minimum atomic E-state index is -0.217. The SMILES string of the molecule is CCNC(=NCc1ccn(-c2ccc(OC)cc2)n1)NCCc1ccc(F)cc1.I. The molecule has 0 spiro atoms. The van der Waals surface area contributed by atoms with Crippen molar-refractivity contribution in [2.75, 3.05) is 20.2 Å². The summed E-state index contributed by atoms with van der Waals surface area (Å²) in [4.78, 5) is 4.60. The van der Waals surface area contributed by atoms with Gasteiger partial charge in [-0.05, 0) is 61.4 Å². The Morgan fingerprint density at radius 1 is 1.07 bits per heavy atom. The van der Waals surface area contributed by atoms with Gasteiger partial charge in [-0.1, -0.05) is 12.1 Å². The van der Waals surface area contributed by atoms with Crippen molar-refractivity contribution in [2.45, 2.75) is 19.9 Å². The van der Waals surface area contributed by atoms with Crippen LogP contribution in [0.15, 0.2) is 65.8 Å². The minimum Gasteiger partial charge on any atom is -0.497 e. The van der Waals surface area contributed by atoms with E-state index in [2.05, 4.69) is 20.7 Å². The number of aliphatic imine (C=N–C) groups is 1. The third kappa shape index (κ3) is 7.01. The van der Waals surface area contributed by atoms with E-state index in [1.807, 2.05) is 48.1 Å². The molecule has 1 aromatic heterocycles. The van der Waals surface area contributed by atoms with Crippen LogP contribution in [0.4, 0.5) is 4.39 Å². The predicted molar refractivity (Wildman–Crippen MR) is 128 cm³/mol. The van der Waals surface area contributed by atoms with Crippen LogP contribution in [0.3, 0.4) is 0 Å². The second-order valence-electron chi connectivity index (χ2n) is 6.45. The molecule has 2 N–H and O–H groups in total. The summed E-state index contributed by atoms with van der Waals surface area (Å²) < 4.78 is 20.0. The molecule has 8 heteroatoms. The van der Waals surface area contributed by atoms with E-state index < -0.39 is 0 Å². The van der Waals surface area contributed by atoms with Gasteiger partial charge in [0.25, 0.3) is 0 Å². The molecule has 0 radical (unpaired) electrons. The van der Waals surface area contributed by atoms with Crippen LogP contribution in [0, 0.1) is 5.82 Å². The molecule has 0 saturated carbocycles. The van der Waals surface area contributed by atoms with E-state index in [9.17, 15) is 4.39 Å². The summed E-state index contributed by atoms with van der Waals surface area (Å²) in [6.45, 7) is 3.96. The number of nitrogens with zero attached hydrogens (tertiary/aromatic N) is 3. The number of halogens is 2. The lowest BCUT2D eigenvalue weighted by Gasteiger charge is -2.11. The normalized spacial score (nSPS) is 11.0. The Morgan fingerprint density at radius 3 is 2.47 bits per heavy atom. The second kappa shape index (κ2) is 12.2. The highest BCUT2D eigenvalue weighted by atomic mass is 127. The molecule has 0 aliphatic heterocycles. The van der Waals surface area contributed by atoms with Gasteiger partial charge in [0.1, 0.15) is 11.6 Å². The smallest absolute Gasteiger partial charge is 0.191 e. The van der Waals surface area contributed by atoms with Gasteiger partial charge in [0.05, 0.1) is 25.0 Å². The number of guanidine groups is 1. The Balaban J connectivity index is 0.00000320. The van der Waals surface area contributed by atoms with Crippen molar-refractivity contribution in [3.63, 3.8) is 0 Å². The predicted octanol–water partition coefficient (Wildman–Crippen LogP) is 3.94. The molecule has 160 valence electrons. The summed E-state index contributed by atoms with van der Waals surface area (Å²) in [5.41, 5.74) is 2.91. The van der Waals surface area contributed by atoms with Crippen molar-refractivity contribution in [1.82, 2.24) is 20.4 Å². The average Bonchev–Trinajstić information content (AvgIpc) is 3.22. The summed E-state index contributed by atoms with van der Waals surface area (Å²) in [7, 11) is 1.65. The molecule has 30 heavy (non-hydrogen) atoms. The van der Waals surface area contributed by atoms with Gasteiger partial charge >= 0.3 is 0 Å². The van der Waals surface area contributed by atoms with Crippen molar-refractivity contribution in [3.05, 3.63) is 77.9 Å². The number of ether oxygens (including phenoxy) is 1. The first-order chi connectivity index (χ1) is 14.2. The molecule has 3 aromatic rings. The van der Waals surface area contributed by atoms with E-state index in [0.29, 0.717) is 13.1 Å². The number of hydrogen-bond donors (Lipinski definition) is 2. The van der Waals surface area contributed by atoms with Gasteiger partial charge in [-0.2, -0.15) is 5.10 Å². The molecule has 0 aliphatic carbocycles. The molecular weight excluding hydrogens is 496 g/mol. The standard InChI is InChI=1S/C22H26FN5O.HI/c1-3-24-22(25-14-12-17-4-6-18(23)7-5-17)26-16-19-13-15-28(27-19)20-8-10-21(29-2)11-9-20;/h4-11,13,15H,3,12,14,16H2,1-2H3,(H2,24,25,26);1H. The van der Waals surface area contributed by atoms with Crippen LogP contribution in [0.25, 0.3) is 5.69 Å². The first kappa shape index (κ1) is 23.7. The van der Waals surface area contributed by atoms with E-state index in [1.54, 1.807) is 19.2 Å². The lowest BCUT2D eigenvalue weighted by Crippen LogP contribution is -2.38. The fourth-order valence-electron chi connectivity index (χ4n) is 2.80. The van der Waals surface area contributed by atoms with E-state index in [-0.39, 0.29) is 29.8 Å². The van der Waals surface area contributed by atoms with Crippen LogP contribution in [0.1, 0.15) is 18.2 Å². The Morgan fingerprint density at radius 2 is 1.80 bits per heavy atom. The lowest BCUT2D eigenvalue weighted by molar-refractivity contribution is 0.414. The van der Waals surface area contributed by atoms with Crippen molar-refractivity contribution < 1.29 is 9.13 Å². The van der Waals surface area contributed by atoms with Crippen molar-refractivity contribution in [2.24, 2.45) is 4.99 Å². The van der Waals surface area contributed by atoms with Gasteiger partial charge in [0.15, 0.2) is 5.96 Å². The number of aromatic nitrogens is 2. The Hall–Kier alpha value is -2.62. The summed E-state index contributed by atoms with van der Waals surface area (Å²) in [5, 5.41) is 11.1. The molecule has 0 aliphatic rings. The van der Waals surface area contributed by atoms with E-state index in [4.69, 9.17) is 4.74 Å². The van der Waals surface area contributed by atoms with Crippen LogP contribution in [-0.2, 0) is 13.0 Å². The molecule has 0 saturated heterocycles. The number of hydrogen-bond acceptors (Lipinski definition) is 3. The summed E-state index contributed by atoms with van der Waals surface area (Å²) in [6.07, 6.45) is 2.71. The van der Waals surface area contributed by atoms with Crippen molar-refractivity contribution >= 4 is 29.9 Å². The zero-order valence-corrected chi connectivity index (χ0v) is 19.5. The second-order valence-corrected chi connectivity index (χ2v) is 6.45. The first-order valence-corrected chi connectivity index (χ1v) is 9.63. The summed E-state index contributed by atoms with van der Waals surface area (Å²) in [6, 6.07) is 16.2. The van der Waals surface area contributed by atoms with Gasteiger partial charge in [-0.25, -0.2) is 14.1 Å². The maximum Gasteiger partial charge on any atom is 0.191 e. The Labute approximate surface area is 193 Å². The molecule has 0 unspecified atom stereocenters. The molecule has 0 fully saturated rings. The highest BCUT2D eigenvalue weighted by molar-refractivity contribution is 14.0. The molecule has 1 heterocycles. The van der Waals surface area contributed by atoms with E-state index >= 15 is 0 Å². The maximum atomic E-state index is 13.0. The number of benzene rings is 2. The Bertz CT molecular complexity index is 925. The van der Waals surface area contributed by atoms with Crippen LogP contribution in [0.2, 0.25) is 0 Å². The lowest BCUT2D eigenvalue weighted by atomic mass is 10.1. The average molecular weight is 523 g/mol. The fourth-order valence-corrected chi connectivity index (χ4v) is 2.80. The molecule has 0 atom stereocenters. The maximum absolute atomic E-state index is 13.0. The molecule has 2 aromatic carbocycles. The van der Waals surface area contributed by atoms with Gasteiger partial charge in [-0.15, -0.1) is 24.0 Å². The Kier molecular flexibility index (Phi) is 9.59. The summed E-state index contributed by atoms with van der Waals surface area (Å²) in [5.74, 6) is 1.33. The number of rotatable bonds is 8. The van der Waals surface area contributed by atoms with Crippen LogP contribution >= 0.6 is 24.0 Å². The molecule has 0 bridgehead atoms. The van der Waals surface area contributed by atoms with E-state index in [0.717, 1.165) is 41.6 Å². The largest absolute Gasteiger partial charge is 0.497 e. The third-order valence-corrected chi connectivity index (χ3v) is 4.34. The molecule has 6 nitrogen and oxygen atoms in total. The zero-order chi connectivity index (χ0) is 20.5. The zero-order valence-electron chi connectivity index (χ0n) is 17.1. The molecule has 3 rings (SSSR count). The van der Waals surface area contributed by atoms with E-state index in [1.165, 1.54) is 12.1 Å². The van der Waals surface area contributed by atoms with Crippen molar-refractivity contribution in [3.8, 4) is 11.4 Å². The van der Waals surface area contributed by atoms with Gasteiger partial charge < -0.3 is 15.4 Å². The number of nitrogens with one attached hydrogen (secondary N) is 2. The quantitative estimate of drug-likeness (QED) is 0.267. The van der Waals surface area contributed by atoms with Crippen LogP contribution < -0.4 is 15.4 Å². The summed E-state index contributed by atoms with van der Waals surface area (Å²) >= 11 is 0. The van der Waals surface area contributed by atoms with Gasteiger partial charge in [0.2, 0.25) is 0 Å². The highest BCUT2D eigenvalue weighted by Gasteiger charge is 2.03. The highest BCUT2D eigenvalue weighted by Crippen LogP contribution is 2.14. The topological polar surface area (TPSA) is 63.5 Å². The molecule has 0 amide bonds. The minimum absolute atomic E-state index is 0. The fraction of sp³-hybridized carbons (Fsp3) is 0.273. The first-order valence-electron chi connectivity index (χ1n) is 9.63. The monoisotopic (exact) mass is 523 g/mol. The van der Waals surface area contributed by atoms with Gasteiger partial charge in [0, 0.05) is 19.3 Å². The van der Waals surface area contributed by atoms with Gasteiger partial charge in [-0.3, -0.25) is 0 Å². The molecular formula is C22H27FIN5O. The van der Waals surface area contributed by atoms with Crippen LogP contribution in [0.5, 0.6) is 5.75 Å². The van der Waals surface area contributed by atoms with Crippen LogP contribution in [-0.4, -0.2) is 35.9 Å². The third-order valence-electron chi connectivity index (χ3n) is 4.34. The van der Waals surface area contributed by atoms with Crippen molar-refractivity contribution in [1.29, 1.82) is 0 Å². The number of methoxy groups -OCH3 is 1.